The van der Waals surface area contributed by atoms with Crippen molar-refractivity contribution in [2.75, 3.05) is 0 Å². The van der Waals surface area contributed by atoms with Gasteiger partial charge in [-0.25, -0.2) is 17.6 Å². The van der Waals surface area contributed by atoms with Crippen LogP contribution in [0.4, 0.5) is 17.6 Å². The molecular weight excluding hydrogens is 280 g/mol. The van der Waals surface area contributed by atoms with Gasteiger partial charge in [-0.3, -0.25) is 0 Å². The predicted molar refractivity (Wildman–Crippen MR) is 66.6 cm³/mol. The fourth-order valence-electron chi connectivity index (χ4n) is 2.51. The van der Waals surface area contributed by atoms with E-state index in [9.17, 15) is 17.6 Å². The van der Waals surface area contributed by atoms with Crippen LogP contribution in [-0.4, -0.2) is 11.3 Å². The normalized spacial score (nSPS) is 21.3. The smallest absolute Gasteiger partial charge is 0.207 e. The maximum absolute atomic E-state index is 13.5. The van der Waals surface area contributed by atoms with E-state index >= 15 is 0 Å². The van der Waals surface area contributed by atoms with Crippen LogP contribution in [0.5, 0.6) is 0 Å². The van der Waals surface area contributed by atoms with Crippen LogP contribution in [0.1, 0.15) is 31.2 Å². The third-order valence-corrected chi connectivity index (χ3v) is 4.23. The average molecular weight is 295 g/mol. The van der Waals surface area contributed by atoms with E-state index < -0.39 is 22.9 Å². The van der Waals surface area contributed by atoms with Crippen LogP contribution in [0, 0.1) is 17.6 Å². The van der Waals surface area contributed by atoms with Crippen molar-refractivity contribution in [1.29, 1.82) is 0 Å². The van der Waals surface area contributed by atoms with Crippen molar-refractivity contribution in [2.45, 2.75) is 43.4 Å². The highest BCUT2D eigenvalue weighted by Gasteiger charge is 2.37. The van der Waals surface area contributed by atoms with Gasteiger partial charge in [-0.1, -0.05) is 12.1 Å². The maximum Gasteiger partial charge on any atom is 0.248 e. The number of hydrogen-bond acceptors (Lipinski definition) is 0. The van der Waals surface area contributed by atoms with Crippen molar-refractivity contribution in [1.82, 2.24) is 0 Å². The summed E-state index contributed by atoms with van der Waals surface area (Å²) in [6.45, 7) is 0. The molecule has 0 aliphatic heterocycles. The third-order valence-electron chi connectivity index (χ3n) is 3.72. The third kappa shape index (κ3) is 3.62. The molecule has 1 aromatic rings. The zero-order valence-electron chi connectivity index (χ0n) is 10.3. The summed E-state index contributed by atoms with van der Waals surface area (Å²) < 4.78 is 52.6. The molecule has 0 amide bonds. The minimum atomic E-state index is -2.60. The summed E-state index contributed by atoms with van der Waals surface area (Å²) >= 11 is 6.18. The summed E-state index contributed by atoms with van der Waals surface area (Å²) in [5.41, 5.74) is 0.206. The van der Waals surface area contributed by atoms with Crippen molar-refractivity contribution in [2.24, 2.45) is 5.92 Å². The van der Waals surface area contributed by atoms with Crippen molar-refractivity contribution in [3.05, 3.63) is 35.4 Å². The van der Waals surface area contributed by atoms with Crippen molar-refractivity contribution < 1.29 is 17.6 Å². The van der Waals surface area contributed by atoms with E-state index in [0.29, 0.717) is 12.8 Å². The highest BCUT2D eigenvalue weighted by atomic mass is 35.5. The first-order chi connectivity index (χ1) is 8.89. The number of alkyl halides is 3. The van der Waals surface area contributed by atoms with E-state index in [1.54, 1.807) is 0 Å². The molecule has 2 rings (SSSR count). The average Bonchev–Trinajstić information content (AvgIpc) is 2.35. The van der Waals surface area contributed by atoms with Gasteiger partial charge in [0.1, 0.15) is 0 Å². The fourth-order valence-corrected chi connectivity index (χ4v) is 2.93. The molecule has 106 valence electrons. The lowest BCUT2D eigenvalue weighted by Gasteiger charge is -2.31. The second-order valence-corrected chi connectivity index (χ2v) is 5.69. The SMILES string of the molecule is Fc1cccc(CC(Cl)C2CCC(F)(F)CC2)c1F. The number of rotatable bonds is 3. The van der Waals surface area contributed by atoms with Crippen LogP contribution in [-0.2, 0) is 6.42 Å². The van der Waals surface area contributed by atoms with E-state index in [-0.39, 0.29) is 30.7 Å². The van der Waals surface area contributed by atoms with Gasteiger partial charge in [0.15, 0.2) is 11.6 Å². The van der Waals surface area contributed by atoms with Gasteiger partial charge in [-0.2, -0.15) is 0 Å². The summed E-state index contributed by atoms with van der Waals surface area (Å²) in [6, 6.07) is 3.95. The Morgan fingerprint density at radius 1 is 1.21 bits per heavy atom. The molecule has 0 N–H and O–H groups in total. The van der Waals surface area contributed by atoms with Crippen molar-refractivity contribution in [3.8, 4) is 0 Å². The minimum Gasteiger partial charge on any atom is -0.207 e. The molecule has 19 heavy (non-hydrogen) atoms. The Labute approximate surface area is 114 Å². The summed E-state index contributed by atoms with van der Waals surface area (Å²) in [5.74, 6) is -4.47. The van der Waals surface area contributed by atoms with Crippen molar-refractivity contribution >= 4 is 11.6 Å². The van der Waals surface area contributed by atoms with Crippen LogP contribution < -0.4 is 0 Å². The van der Waals surface area contributed by atoms with Gasteiger partial charge in [0.2, 0.25) is 5.92 Å². The largest absolute Gasteiger partial charge is 0.248 e. The van der Waals surface area contributed by atoms with Crippen molar-refractivity contribution in [3.63, 3.8) is 0 Å². The topological polar surface area (TPSA) is 0 Å². The highest BCUT2D eigenvalue weighted by molar-refractivity contribution is 6.20. The molecule has 0 bridgehead atoms. The van der Waals surface area contributed by atoms with Gasteiger partial charge < -0.3 is 0 Å². The lowest BCUT2D eigenvalue weighted by atomic mass is 9.83. The van der Waals surface area contributed by atoms with Gasteiger partial charge in [-0.05, 0) is 36.8 Å². The monoisotopic (exact) mass is 294 g/mol. The number of halogens is 5. The molecule has 1 saturated carbocycles. The van der Waals surface area contributed by atoms with Gasteiger partial charge in [0.05, 0.1) is 0 Å². The molecule has 1 atom stereocenters. The van der Waals surface area contributed by atoms with Gasteiger partial charge in [0.25, 0.3) is 0 Å². The van der Waals surface area contributed by atoms with E-state index in [4.69, 9.17) is 11.6 Å². The van der Waals surface area contributed by atoms with E-state index in [1.165, 1.54) is 12.1 Å². The van der Waals surface area contributed by atoms with E-state index in [1.807, 2.05) is 0 Å². The first-order valence-corrected chi connectivity index (χ1v) is 6.77. The Morgan fingerprint density at radius 2 is 1.84 bits per heavy atom. The molecule has 0 spiro atoms. The molecular formula is C14H15ClF4. The van der Waals surface area contributed by atoms with Crippen LogP contribution in [0.2, 0.25) is 0 Å². The molecule has 1 fully saturated rings. The van der Waals surface area contributed by atoms with E-state index in [0.717, 1.165) is 6.07 Å². The van der Waals surface area contributed by atoms with Crippen LogP contribution in [0.25, 0.3) is 0 Å². The van der Waals surface area contributed by atoms with Crippen LogP contribution in [0.15, 0.2) is 18.2 Å². The standard InChI is InChI=1S/C14H15ClF4/c15-11(9-4-6-14(18,19)7-5-9)8-10-2-1-3-12(16)13(10)17/h1-3,9,11H,4-8H2. The van der Waals surface area contributed by atoms with Gasteiger partial charge in [0, 0.05) is 18.2 Å². The Kier molecular flexibility index (Phi) is 4.39. The second kappa shape index (κ2) is 5.70. The number of benzene rings is 1. The molecule has 1 aliphatic rings. The first-order valence-electron chi connectivity index (χ1n) is 6.34. The molecule has 1 aliphatic carbocycles. The molecule has 0 aromatic heterocycles. The zero-order chi connectivity index (χ0) is 14.0. The van der Waals surface area contributed by atoms with Crippen LogP contribution in [0.3, 0.4) is 0 Å². The number of hydrogen-bond donors (Lipinski definition) is 0. The maximum atomic E-state index is 13.5. The molecule has 1 unspecified atom stereocenters. The Hall–Kier alpha value is -0.770. The molecule has 5 heteroatoms. The van der Waals surface area contributed by atoms with Gasteiger partial charge in [-0.15, -0.1) is 11.6 Å². The highest BCUT2D eigenvalue weighted by Crippen LogP contribution is 2.39. The van der Waals surface area contributed by atoms with Gasteiger partial charge >= 0.3 is 0 Å². The lowest BCUT2D eigenvalue weighted by Crippen LogP contribution is -2.29. The molecule has 0 radical (unpaired) electrons. The predicted octanol–water partition coefficient (Wildman–Crippen LogP) is 4.94. The fraction of sp³-hybridized carbons (Fsp3) is 0.571. The summed E-state index contributed by atoms with van der Waals surface area (Å²) in [4.78, 5) is 0. The van der Waals surface area contributed by atoms with E-state index in [2.05, 4.69) is 0 Å². The molecule has 0 saturated heterocycles. The quantitative estimate of drug-likeness (QED) is 0.547. The first kappa shape index (κ1) is 14.6. The minimum absolute atomic E-state index is 0.0658. The van der Waals surface area contributed by atoms with Crippen LogP contribution >= 0.6 is 11.6 Å². The Balaban J connectivity index is 1.98. The molecule has 1 aromatic carbocycles. The zero-order valence-corrected chi connectivity index (χ0v) is 11.1. The molecule has 0 heterocycles. The Bertz CT molecular complexity index is 437. The Morgan fingerprint density at radius 3 is 2.47 bits per heavy atom. The summed E-state index contributed by atoms with van der Waals surface area (Å²) in [5, 5.41) is -0.438. The second-order valence-electron chi connectivity index (χ2n) is 5.13. The lowest BCUT2D eigenvalue weighted by molar-refractivity contribution is -0.0460. The molecule has 0 nitrogen and oxygen atoms in total. The summed E-state index contributed by atoms with van der Waals surface area (Å²) in [7, 11) is 0. The summed E-state index contributed by atoms with van der Waals surface area (Å²) in [6.07, 6.45) is 0.483.